The van der Waals surface area contributed by atoms with Crippen molar-refractivity contribution in [1.82, 2.24) is 4.90 Å². The maximum atomic E-state index is 14.0. The van der Waals surface area contributed by atoms with E-state index < -0.39 is 53.5 Å². The number of fused-ring (bicyclic) bond motifs is 1. The number of aliphatic hydroxyl groups excluding tert-OH is 3. The molecular formula is C50H81NO10. The van der Waals surface area contributed by atoms with Crippen LogP contribution < -0.4 is 0 Å². The summed E-state index contributed by atoms with van der Waals surface area (Å²) in [4.78, 5) is 56.6. The molecule has 3 aliphatic rings. The van der Waals surface area contributed by atoms with Crippen LogP contribution in [-0.2, 0) is 28.7 Å². The number of rotatable bonds is 4. The van der Waals surface area contributed by atoms with E-state index in [0.29, 0.717) is 63.0 Å². The number of cyclic esters (lactones) is 1. The summed E-state index contributed by atoms with van der Waals surface area (Å²) in [6, 6.07) is -0.829. The number of carbonyl (C=O) groups is 4. The molecule has 1 saturated carbocycles. The van der Waals surface area contributed by atoms with E-state index in [1.807, 2.05) is 58.1 Å². The molecule has 2 aliphatic heterocycles. The number of hydrogen-bond donors (Lipinski definition) is 4. The van der Waals surface area contributed by atoms with E-state index in [-0.39, 0.29) is 60.4 Å². The zero-order chi connectivity index (χ0) is 45.6. The van der Waals surface area contributed by atoms with Gasteiger partial charge in [0.05, 0.1) is 24.2 Å². The van der Waals surface area contributed by atoms with Crippen LogP contribution in [0.1, 0.15) is 146 Å². The molecule has 3 rings (SSSR count). The molecule has 1 amide bonds. The van der Waals surface area contributed by atoms with Crippen molar-refractivity contribution in [2.45, 2.75) is 188 Å². The molecule has 0 aromatic carbocycles. The van der Waals surface area contributed by atoms with Crippen molar-refractivity contribution in [3.63, 3.8) is 0 Å². The number of amides is 1. The molecule has 12 atom stereocenters. The molecule has 0 aromatic rings. The molecule has 0 radical (unpaired) electrons. The molecule has 2 fully saturated rings. The largest absolute Gasteiger partial charge is 0.460 e. The van der Waals surface area contributed by atoms with Gasteiger partial charge in [0.2, 0.25) is 5.91 Å². The minimum Gasteiger partial charge on any atom is -0.460 e. The summed E-state index contributed by atoms with van der Waals surface area (Å²) >= 11 is 0. The average Bonchev–Trinajstić information content (AvgIpc) is 3.71. The number of Topliss-reactive ketones (excluding diaryl/α,β-unsaturated/α-hetero) is 2. The second-order valence-electron chi connectivity index (χ2n) is 19.6. The van der Waals surface area contributed by atoms with E-state index in [0.717, 1.165) is 31.3 Å². The number of ketones is 2. The first-order chi connectivity index (χ1) is 28.6. The number of aliphatic hydroxyl groups is 4. The van der Waals surface area contributed by atoms with Gasteiger partial charge >= 0.3 is 5.97 Å². The van der Waals surface area contributed by atoms with E-state index in [1.54, 1.807) is 40.9 Å². The summed E-state index contributed by atoms with van der Waals surface area (Å²) in [7, 11) is 1.70. The molecule has 1 saturated heterocycles. The summed E-state index contributed by atoms with van der Waals surface area (Å²) in [6.07, 6.45) is 14.5. The third kappa shape index (κ3) is 16.3. The van der Waals surface area contributed by atoms with Crippen LogP contribution in [0.4, 0.5) is 0 Å². The highest BCUT2D eigenvalue weighted by Gasteiger charge is 2.41. The molecule has 4 N–H and O–H groups in total. The minimum absolute atomic E-state index is 0.0247. The van der Waals surface area contributed by atoms with Crippen LogP contribution in [-0.4, -0.2) is 105 Å². The summed E-state index contributed by atoms with van der Waals surface area (Å²) in [5, 5.41) is 43.8. The summed E-state index contributed by atoms with van der Waals surface area (Å²) in [5.74, 6) is -2.57. The van der Waals surface area contributed by atoms with Crippen LogP contribution in [0.3, 0.4) is 0 Å². The molecule has 2 heterocycles. The predicted molar refractivity (Wildman–Crippen MR) is 239 cm³/mol. The van der Waals surface area contributed by atoms with Crippen molar-refractivity contribution < 1.29 is 49.1 Å². The molecule has 1 unspecified atom stereocenters. The average molecular weight is 856 g/mol. The van der Waals surface area contributed by atoms with Crippen molar-refractivity contribution in [3.05, 3.63) is 47.6 Å². The molecule has 346 valence electrons. The van der Waals surface area contributed by atoms with Gasteiger partial charge in [-0.05, 0) is 126 Å². The first-order valence-corrected chi connectivity index (χ1v) is 23.2. The first kappa shape index (κ1) is 52.4. The minimum atomic E-state index is -1.66. The van der Waals surface area contributed by atoms with Gasteiger partial charge in [0, 0.05) is 31.9 Å². The molecule has 11 nitrogen and oxygen atoms in total. The topological polar surface area (TPSA) is 171 Å². The van der Waals surface area contributed by atoms with Gasteiger partial charge in [-0.2, -0.15) is 0 Å². The Morgan fingerprint density at radius 3 is 2.20 bits per heavy atom. The molecule has 0 bridgehead atoms. The summed E-state index contributed by atoms with van der Waals surface area (Å²) < 4.78 is 12.1. The quantitative estimate of drug-likeness (QED) is 0.163. The lowest BCUT2D eigenvalue weighted by Crippen LogP contribution is -2.47. The zero-order valence-electron chi connectivity index (χ0n) is 39.1. The smallest absolute Gasteiger partial charge is 0.329 e. The fraction of sp³-hybridized carbons (Fsp3) is 0.760. The van der Waals surface area contributed by atoms with Gasteiger partial charge in [-0.1, -0.05) is 84.4 Å². The van der Waals surface area contributed by atoms with Gasteiger partial charge in [0.25, 0.3) is 0 Å². The predicted octanol–water partition coefficient (Wildman–Crippen LogP) is 7.63. The second kappa shape index (κ2) is 24.8. The number of methoxy groups -OCH3 is 1. The number of esters is 1. The van der Waals surface area contributed by atoms with Crippen LogP contribution in [0.5, 0.6) is 0 Å². The van der Waals surface area contributed by atoms with Crippen molar-refractivity contribution >= 4 is 23.4 Å². The number of carbonyl (C=O) groups excluding carboxylic acids is 4. The lowest BCUT2D eigenvalue weighted by Gasteiger charge is -2.34. The molecular weight excluding hydrogens is 775 g/mol. The Kier molecular flexibility index (Phi) is 21.3. The number of ether oxygens (including phenoxy) is 2. The first-order valence-electron chi connectivity index (χ1n) is 23.2. The Balaban J connectivity index is 1.91. The van der Waals surface area contributed by atoms with Crippen molar-refractivity contribution in [2.75, 3.05) is 13.7 Å². The fourth-order valence-corrected chi connectivity index (χ4v) is 9.39. The van der Waals surface area contributed by atoms with E-state index in [9.17, 15) is 39.6 Å². The third-order valence-corrected chi connectivity index (χ3v) is 14.1. The number of hydrogen-bond acceptors (Lipinski definition) is 10. The van der Waals surface area contributed by atoms with Crippen LogP contribution in [0, 0.1) is 41.4 Å². The Labute approximate surface area is 367 Å². The lowest BCUT2D eigenvalue weighted by molar-refractivity contribution is -0.163. The highest BCUT2D eigenvalue weighted by atomic mass is 16.5. The normalized spacial score (nSPS) is 40.3. The Bertz CT molecular complexity index is 1560. The maximum absolute atomic E-state index is 14.0. The number of nitrogens with zero attached hydrogens (tertiary/aromatic N) is 1. The van der Waals surface area contributed by atoms with Crippen molar-refractivity contribution in [1.29, 1.82) is 0 Å². The van der Waals surface area contributed by atoms with Gasteiger partial charge in [-0.3, -0.25) is 14.4 Å². The van der Waals surface area contributed by atoms with Crippen LogP contribution in [0.2, 0.25) is 0 Å². The summed E-state index contributed by atoms with van der Waals surface area (Å²) in [6.45, 7) is 17.2. The van der Waals surface area contributed by atoms with E-state index in [2.05, 4.69) is 6.92 Å². The van der Waals surface area contributed by atoms with Crippen molar-refractivity contribution in [3.8, 4) is 0 Å². The lowest BCUT2D eigenvalue weighted by atomic mass is 9.79. The van der Waals surface area contributed by atoms with Gasteiger partial charge in [0.15, 0.2) is 5.78 Å². The standard InChI is InChI=1S/C50H81NO10/c1-31-15-12-11-13-16-33(3)43(60-10)26-32(2)18-19-38(8)50(9,59)30-45(54)51-24-14-17-41(51)49(58)61-44(35(5)28-39-20-22-40(52)23-21-39)29-42(53)34(4)27-37(7)47(56)48(57)46(55)36(6)25-31/h11-13,15-16,27,31-32,34-36,38-41,43-44,47-48,52,56-57,59H,14,17-26,28-30H2,1-10H3/b13-11+,15-12+,33-16+,37-27+/t31-,32+,34-,35-,36-,38-,39-,40-,41?,43+,44+,47-,48+,50-/m1/s1. The fourth-order valence-electron chi connectivity index (χ4n) is 9.39. The zero-order valence-corrected chi connectivity index (χ0v) is 39.1. The SMILES string of the molecule is CO[C@H]1C[C@@H](C)CC[C@@H](C)[C@](C)(O)CC(=O)N2CCCC2C(=O)O[C@H]([C@H](C)C[C@H]2CC[C@H](O)CC2)CC(=O)[C@H](C)/C=C(\C)[C@@H](O)[C@@H](O)C(=O)[C@H](C)C[C@H](C)/C=C/C=C/C=C/1C. The Morgan fingerprint density at radius 2 is 1.54 bits per heavy atom. The van der Waals surface area contributed by atoms with Gasteiger partial charge in [-0.15, -0.1) is 0 Å². The molecule has 11 heteroatoms. The van der Waals surface area contributed by atoms with Gasteiger partial charge in [0.1, 0.15) is 30.1 Å². The van der Waals surface area contributed by atoms with Crippen LogP contribution in [0.25, 0.3) is 0 Å². The molecule has 0 spiro atoms. The van der Waals surface area contributed by atoms with E-state index >= 15 is 0 Å². The second-order valence-corrected chi connectivity index (χ2v) is 19.6. The van der Waals surface area contributed by atoms with Gasteiger partial charge in [-0.25, -0.2) is 4.79 Å². The van der Waals surface area contributed by atoms with Gasteiger partial charge < -0.3 is 34.8 Å². The van der Waals surface area contributed by atoms with E-state index in [1.165, 1.54) is 4.90 Å². The Hall–Kier alpha value is -2.96. The number of allylic oxidation sites excluding steroid dienone is 6. The monoisotopic (exact) mass is 856 g/mol. The van der Waals surface area contributed by atoms with Crippen LogP contribution >= 0.6 is 0 Å². The summed E-state index contributed by atoms with van der Waals surface area (Å²) in [5.41, 5.74) is 0.0730. The molecule has 61 heavy (non-hydrogen) atoms. The van der Waals surface area contributed by atoms with E-state index in [4.69, 9.17) is 9.47 Å². The maximum Gasteiger partial charge on any atom is 0.329 e. The Morgan fingerprint density at radius 1 is 0.869 bits per heavy atom. The molecule has 1 aliphatic carbocycles. The van der Waals surface area contributed by atoms with Crippen molar-refractivity contribution in [2.24, 2.45) is 41.4 Å². The highest BCUT2D eigenvalue weighted by molar-refractivity contribution is 5.87. The highest BCUT2D eigenvalue weighted by Crippen LogP contribution is 2.34. The third-order valence-electron chi connectivity index (χ3n) is 14.1. The molecule has 0 aromatic heterocycles. The van der Waals surface area contributed by atoms with Crippen LogP contribution in [0.15, 0.2) is 47.6 Å².